The van der Waals surface area contributed by atoms with Crippen LogP contribution in [0.3, 0.4) is 0 Å². The van der Waals surface area contributed by atoms with Gasteiger partial charge in [0.15, 0.2) is 0 Å². The third-order valence-electron chi connectivity index (χ3n) is 3.99. The number of amides is 1. The van der Waals surface area contributed by atoms with E-state index in [2.05, 4.69) is 5.32 Å². The number of nitrogens with one attached hydrogen (secondary N) is 1. The Kier molecular flexibility index (Phi) is 3.66. The van der Waals surface area contributed by atoms with Gasteiger partial charge in [-0.1, -0.05) is 19.1 Å². The van der Waals surface area contributed by atoms with Crippen molar-refractivity contribution in [2.24, 2.45) is 0 Å². The highest BCUT2D eigenvalue weighted by molar-refractivity contribution is 6.03. The van der Waals surface area contributed by atoms with Crippen molar-refractivity contribution in [2.45, 2.75) is 25.4 Å². The summed E-state index contributed by atoms with van der Waals surface area (Å²) in [6.45, 7) is 1.85. The lowest BCUT2D eigenvalue weighted by molar-refractivity contribution is -0.117. The molecule has 3 nitrogen and oxygen atoms in total. The van der Waals surface area contributed by atoms with Crippen molar-refractivity contribution in [3.05, 3.63) is 64.7 Å². The maximum Gasteiger partial charge on any atom is 0.232 e. The van der Waals surface area contributed by atoms with Crippen LogP contribution in [0.15, 0.2) is 36.4 Å². The summed E-state index contributed by atoms with van der Waals surface area (Å²) in [5.74, 6) is -1.62. The van der Waals surface area contributed by atoms with Crippen LogP contribution in [0, 0.1) is 11.6 Å². The number of halogens is 2. The lowest BCUT2D eigenvalue weighted by atomic mass is 9.93. The van der Waals surface area contributed by atoms with E-state index in [9.17, 15) is 18.7 Å². The molecule has 3 rings (SSSR count). The molecule has 1 heterocycles. The Morgan fingerprint density at radius 1 is 1.18 bits per heavy atom. The molecule has 2 aromatic rings. The highest BCUT2D eigenvalue weighted by atomic mass is 19.1. The number of aliphatic hydroxyl groups is 1. The van der Waals surface area contributed by atoms with Gasteiger partial charge in [-0.25, -0.2) is 8.78 Å². The summed E-state index contributed by atoms with van der Waals surface area (Å²) < 4.78 is 27.1. The monoisotopic (exact) mass is 303 g/mol. The van der Waals surface area contributed by atoms with Gasteiger partial charge in [0, 0.05) is 0 Å². The zero-order valence-electron chi connectivity index (χ0n) is 11.9. The number of fused-ring (bicyclic) bond motifs is 1. The molecule has 0 aromatic heterocycles. The van der Waals surface area contributed by atoms with Gasteiger partial charge in [0.2, 0.25) is 5.91 Å². The smallest absolute Gasteiger partial charge is 0.232 e. The Bertz CT molecular complexity index is 728. The van der Waals surface area contributed by atoms with Crippen LogP contribution in [-0.4, -0.2) is 11.0 Å². The van der Waals surface area contributed by atoms with E-state index in [4.69, 9.17) is 0 Å². The summed E-state index contributed by atoms with van der Waals surface area (Å²) in [6.07, 6.45) is -0.525. The van der Waals surface area contributed by atoms with Crippen LogP contribution in [0.25, 0.3) is 0 Å². The highest BCUT2D eigenvalue weighted by Crippen LogP contribution is 2.39. The number of carbonyl (C=O) groups is 1. The highest BCUT2D eigenvalue weighted by Gasteiger charge is 2.32. The van der Waals surface area contributed by atoms with E-state index in [1.807, 2.05) is 6.92 Å². The first-order chi connectivity index (χ1) is 10.5. The first-order valence-corrected chi connectivity index (χ1v) is 7.09. The van der Waals surface area contributed by atoms with E-state index in [-0.39, 0.29) is 11.6 Å². The standard InChI is InChI=1S/C17H15F2NO2/c1-2-12-13-7-10(8-14(19)15(13)20-17(12)22)16(21)9-3-5-11(18)6-4-9/h3-8,12,16,21H,2H2,1H3,(H,20,22). The third-order valence-corrected chi connectivity index (χ3v) is 3.99. The van der Waals surface area contributed by atoms with Crippen LogP contribution in [0.4, 0.5) is 14.5 Å². The van der Waals surface area contributed by atoms with Crippen LogP contribution in [0.1, 0.15) is 42.1 Å². The molecule has 0 radical (unpaired) electrons. The molecular weight excluding hydrogens is 288 g/mol. The number of anilines is 1. The first kappa shape index (κ1) is 14.7. The fourth-order valence-electron chi connectivity index (χ4n) is 2.81. The van der Waals surface area contributed by atoms with E-state index < -0.39 is 23.7 Å². The van der Waals surface area contributed by atoms with Crippen LogP contribution >= 0.6 is 0 Å². The normalized spacial score (nSPS) is 18.0. The molecule has 0 bridgehead atoms. The predicted molar refractivity (Wildman–Crippen MR) is 78.5 cm³/mol. The number of hydrogen-bond acceptors (Lipinski definition) is 2. The summed E-state index contributed by atoms with van der Waals surface area (Å²) in [7, 11) is 0. The molecule has 0 spiro atoms. The molecule has 1 aliphatic heterocycles. The van der Waals surface area contributed by atoms with E-state index in [1.54, 1.807) is 6.07 Å². The van der Waals surface area contributed by atoms with Gasteiger partial charge in [0.05, 0.1) is 11.6 Å². The van der Waals surface area contributed by atoms with E-state index >= 15 is 0 Å². The minimum absolute atomic E-state index is 0.187. The summed E-state index contributed by atoms with van der Waals surface area (Å²) in [6, 6.07) is 8.21. The summed E-state index contributed by atoms with van der Waals surface area (Å²) in [5, 5.41) is 12.9. The Morgan fingerprint density at radius 3 is 2.50 bits per heavy atom. The zero-order chi connectivity index (χ0) is 15.9. The van der Waals surface area contributed by atoms with Gasteiger partial charge in [0.25, 0.3) is 0 Å². The Hall–Kier alpha value is -2.27. The van der Waals surface area contributed by atoms with Gasteiger partial charge in [-0.3, -0.25) is 4.79 Å². The molecule has 0 aliphatic carbocycles. The average Bonchev–Trinajstić information content (AvgIpc) is 2.83. The van der Waals surface area contributed by atoms with Crippen molar-refractivity contribution in [3.63, 3.8) is 0 Å². The maximum atomic E-state index is 14.2. The van der Waals surface area contributed by atoms with Crippen LogP contribution in [0.5, 0.6) is 0 Å². The van der Waals surface area contributed by atoms with Crippen molar-refractivity contribution >= 4 is 11.6 Å². The van der Waals surface area contributed by atoms with Gasteiger partial charge < -0.3 is 10.4 Å². The second-order valence-electron chi connectivity index (χ2n) is 5.37. The number of carbonyl (C=O) groups excluding carboxylic acids is 1. The number of aliphatic hydroxyl groups excluding tert-OH is 1. The van der Waals surface area contributed by atoms with Gasteiger partial charge in [-0.05, 0) is 47.4 Å². The zero-order valence-corrected chi connectivity index (χ0v) is 11.9. The topological polar surface area (TPSA) is 49.3 Å². The van der Waals surface area contributed by atoms with E-state index in [0.29, 0.717) is 23.1 Å². The molecule has 1 amide bonds. The molecule has 2 unspecified atom stereocenters. The molecule has 114 valence electrons. The Labute approximate surface area is 126 Å². The molecule has 2 N–H and O–H groups in total. The molecule has 2 aromatic carbocycles. The van der Waals surface area contributed by atoms with Crippen molar-refractivity contribution in [1.29, 1.82) is 0 Å². The molecule has 5 heteroatoms. The Balaban J connectivity index is 2.02. The molecule has 2 atom stereocenters. The van der Waals surface area contributed by atoms with Gasteiger partial charge in [-0.15, -0.1) is 0 Å². The summed E-state index contributed by atoms with van der Waals surface area (Å²) in [5.41, 5.74) is 1.56. The summed E-state index contributed by atoms with van der Waals surface area (Å²) >= 11 is 0. The maximum absolute atomic E-state index is 14.2. The van der Waals surface area contributed by atoms with Gasteiger partial charge in [-0.2, -0.15) is 0 Å². The lowest BCUT2D eigenvalue weighted by Crippen LogP contribution is -2.10. The lowest BCUT2D eigenvalue weighted by Gasteiger charge is -2.14. The first-order valence-electron chi connectivity index (χ1n) is 7.09. The van der Waals surface area contributed by atoms with E-state index in [0.717, 1.165) is 0 Å². The van der Waals surface area contributed by atoms with Crippen molar-refractivity contribution in [1.82, 2.24) is 0 Å². The molecule has 1 aliphatic rings. The average molecular weight is 303 g/mol. The van der Waals surface area contributed by atoms with E-state index in [1.165, 1.54) is 30.3 Å². The molecule has 0 fully saturated rings. The molecule has 0 saturated carbocycles. The summed E-state index contributed by atoms with van der Waals surface area (Å²) in [4.78, 5) is 11.8. The number of hydrogen-bond donors (Lipinski definition) is 2. The fourth-order valence-corrected chi connectivity index (χ4v) is 2.81. The van der Waals surface area contributed by atoms with Gasteiger partial charge >= 0.3 is 0 Å². The second-order valence-corrected chi connectivity index (χ2v) is 5.37. The predicted octanol–water partition coefficient (Wildman–Crippen LogP) is 3.49. The minimum atomic E-state index is -1.08. The molecular formula is C17H15F2NO2. The SMILES string of the molecule is CCC1C(=O)Nc2c(F)cc(C(O)c3ccc(F)cc3)cc21. The van der Waals surface area contributed by atoms with Crippen LogP contribution in [0.2, 0.25) is 0 Å². The van der Waals surface area contributed by atoms with Crippen LogP contribution in [-0.2, 0) is 4.79 Å². The second kappa shape index (κ2) is 5.50. The molecule has 22 heavy (non-hydrogen) atoms. The minimum Gasteiger partial charge on any atom is -0.384 e. The Morgan fingerprint density at radius 2 is 1.86 bits per heavy atom. The quantitative estimate of drug-likeness (QED) is 0.912. The van der Waals surface area contributed by atoms with Crippen LogP contribution < -0.4 is 5.32 Å². The third kappa shape index (κ3) is 2.37. The molecule has 0 saturated heterocycles. The fraction of sp³-hybridized carbons (Fsp3) is 0.235. The van der Waals surface area contributed by atoms with Crippen molar-refractivity contribution in [3.8, 4) is 0 Å². The number of rotatable bonds is 3. The van der Waals surface area contributed by atoms with Crippen molar-refractivity contribution < 1.29 is 18.7 Å². The van der Waals surface area contributed by atoms with Crippen molar-refractivity contribution in [2.75, 3.05) is 5.32 Å². The number of benzene rings is 2. The van der Waals surface area contributed by atoms with Gasteiger partial charge in [0.1, 0.15) is 17.7 Å². The largest absolute Gasteiger partial charge is 0.384 e.